The molecule has 3 heteroatoms. The largest absolute Gasteiger partial charge is 0.497 e. The maximum Gasteiger partial charge on any atom is 0.118 e. The van der Waals surface area contributed by atoms with Crippen molar-refractivity contribution in [1.29, 1.82) is 0 Å². The summed E-state index contributed by atoms with van der Waals surface area (Å²) in [6, 6.07) is 16.5. The van der Waals surface area contributed by atoms with Gasteiger partial charge in [0, 0.05) is 10.2 Å². The molecule has 19 heavy (non-hydrogen) atoms. The smallest absolute Gasteiger partial charge is 0.118 e. The van der Waals surface area contributed by atoms with Crippen LogP contribution in [0.1, 0.15) is 11.1 Å². The maximum absolute atomic E-state index is 5.14. The number of benzene rings is 2. The van der Waals surface area contributed by atoms with Crippen molar-refractivity contribution in [2.45, 2.75) is 5.75 Å². The van der Waals surface area contributed by atoms with E-state index in [0.29, 0.717) is 0 Å². The lowest BCUT2D eigenvalue weighted by Gasteiger charge is -2.01. The predicted octanol–water partition coefficient (Wildman–Crippen LogP) is 5.36. The molecular formula is C16H15BrOS. The fourth-order valence-corrected chi connectivity index (χ4v) is 2.57. The highest BCUT2D eigenvalue weighted by Gasteiger charge is 1.93. The lowest BCUT2D eigenvalue weighted by atomic mass is 10.2. The van der Waals surface area contributed by atoms with Crippen LogP contribution in [0.3, 0.4) is 0 Å². The second-order valence-corrected chi connectivity index (χ2v) is 5.82. The maximum atomic E-state index is 5.14. The van der Waals surface area contributed by atoms with Crippen LogP contribution in [0.5, 0.6) is 5.75 Å². The first kappa shape index (κ1) is 14.2. The zero-order chi connectivity index (χ0) is 13.5. The van der Waals surface area contributed by atoms with Crippen LogP contribution >= 0.6 is 27.7 Å². The summed E-state index contributed by atoms with van der Waals surface area (Å²) < 4.78 is 6.24. The van der Waals surface area contributed by atoms with E-state index in [1.54, 1.807) is 18.9 Å². The van der Waals surface area contributed by atoms with Crippen molar-refractivity contribution < 1.29 is 4.74 Å². The zero-order valence-electron chi connectivity index (χ0n) is 10.7. The number of halogens is 1. The quantitative estimate of drug-likeness (QED) is 0.727. The average molecular weight is 335 g/mol. The summed E-state index contributed by atoms with van der Waals surface area (Å²) in [6.45, 7) is 0. The molecule has 0 bridgehead atoms. The van der Waals surface area contributed by atoms with E-state index < -0.39 is 0 Å². The van der Waals surface area contributed by atoms with E-state index in [4.69, 9.17) is 4.74 Å². The van der Waals surface area contributed by atoms with E-state index in [-0.39, 0.29) is 0 Å². The SMILES string of the molecule is COc1ccc(CS/C=C\c2ccc(Br)cc2)cc1. The van der Waals surface area contributed by atoms with Crippen molar-refractivity contribution in [1.82, 2.24) is 0 Å². The van der Waals surface area contributed by atoms with Crippen LogP contribution in [0.2, 0.25) is 0 Å². The molecule has 0 fully saturated rings. The summed E-state index contributed by atoms with van der Waals surface area (Å²) in [4.78, 5) is 0. The fraction of sp³-hybridized carbons (Fsp3) is 0.125. The van der Waals surface area contributed by atoms with Gasteiger partial charge in [0.2, 0.25) is 0 Å². The van der Waals surface area contributed by atoms with E-state index in [1.165, 1.54) is 11.1 Å². The van der Waals surface area contributed by atoms with Gasteiger partial charge < -0.3 is 4.74 Å². The molecule has 2 aromatic carbocycles. The number of hydrogen-bond acceptors (Lipinski definition) is 2. The molecule has 2 aromatic rings. The Bertz CT molecular complexity index is 532. The van der Waals surface area contributed by atoms with Crippen LogP contribution in [-0.2, 0) is 5.75 Å². The summed E-state index contributed by atoms with van der Waals surface area (Å²) in [6.07, 6.45) is 2.13. The molecule has 0 saturated heterocycles. The Kier molecular flexibility index (Phi) is 5.55. The normalized spacial score (nSPS) is 10.8. The fourth-order valence-electron chi connectivity index (χ4n) is 1.57. The Hall–Kier alpha value is -1.19. The molecule has 0 aromatic heterocycles. The Morgan fingerprint density at radius 2 is 1.74 bits per heavy atom. The molecule has 2 rings (SSSR count). The highest BCUT2D eigenvalue weighted by molar-refractivity contribution is 9.10. The third-order valence-corrected chi connectivity index (χ3v) is 3.99. The van der Waals surface area contributed by atoms with Crippen molar-refractivity contribution in [2.24, 2.45) is 0 Å². The number of methoxy groups -OCH3 is 1. The molecule has 0 aliphatic heterocycles. The third kappa shape index (κ3) is 4.77. The molecule has 98 valence electrons. The lowest BCUT2D eigenvalue weighted by Crippen LogP contribution is -1.83. The van der Waals surface area contributed by atoms with Crippen molar-refractivity contribution in [3.8, 4) is 5.75 Å². The lowest BCUT2D eigenvalue weighted by molar-refractivity contribution is 0.414. The average Bonchev–Trinajstić information content (AvgIpc) is 2.46. The first-order valence-corrected chi connectivity index (χ1v) is 7.79. The summed E-state index contributed by atoms with van der Waals surface area (Å²) in [5.74, 6) is 1.87. The molecule has 0 aliphatic rings. The Labute approximate surface area is 126 Å². The highest BCUT2D eigenvalue weighted by atomic mass is 79.9. The van der Waals surface area contributed by atoms with E-state index in [2.05, 4.69) is 51.7 Å². The summed E-state index contributed by atoms with van der Waals surface area (Å²) in [5, 5.41) is 2.13. The molecule has 0 unspecified atom stereocenters. The molecule has 0 heterocycles. The van der Waals surface area contributed by atoms with Crippen LogP contribution < -0.4 is 4.74 Å². The van der Waals surface area contributed by atoms with E-state index in [1.807, 2.05) is 24.3 Å². The zero-order valence-corrected chi connectivity index (χ0v) is 13.1. The van der Waals surface area contributed by atoms with E-state index in [0.717, 1.165) is 16.0 Å². The third-order valence-electron chi connectivity index (χ3n) is 2.64. The predicted molar refractivity (Wildman–Crippen MR) is 87.5 cm³/mol. The van der Waals surface area contributed by atoms with Crippen molar-refractivity contribution >= 4 is 33.8 Å². The molecule has 0 saturated carbocycles. The van der Waals surface area contributed by atoms with Gasteiger partial charge in [-0.3, -0.25) is 0 Å². The first-order valence-electron chi connectivity index (χ1n) is 5.94. The van der Waals surface area contributed by atoms with Crippen LogP contribution in [0.4, 0.5) is 0 Å². The van der Waals surface area contributed by atoms with Crippen LogP contribution in [0.25, 0.3) is 6.08 Å². The standard InChI is InChI=1S/C16H15BrOS/c1-18-16-8-4-14(5-9-16)12-19-11-10-13-2-6-15(17)7-3-13/h2-11H,12H2,1H3/b11-10-. The van der Waals surface area contributed by atoms with Gasteiger partial charge in [0.05, 0.1) is 7.11 Å². The highest BCUT2D eigenvalue weighted by Crippen LogP contribution is 2.18. The summed E-state index contributed by atoms with van der Waals surface area (Å²) in [5.41, 5.74) is 2.51. The minimum Gasteiger partial charge on any atom is -0.497 e. The molecule has 0 radical (unpaired) electrons. The van der Waals surface area contributed by atoms with Gasteiger partial charge in [-0.25, -0.2) is 0 Å². The van der Waals surface area contributed by atoms with E-state index in [9.17, 15) is 0 Å². The summed E-state index contributed by atoms with van der Waals surface area (Å²) in [7, 11) is 1.69. The van der Waals surface area contributed by atoms with Gasteiger partial charge >= 0.3 is 0 Å². The number of hydrogen-bond donors (Lipinski definition) is 0. The van der Waals surface area contributed by atoms with Gasteiger partial charge in [-0.1, -0.05) is 40.2 Å². The Morgan fingerprint density at radius 1 is 1.05 bits per heavy atom. The second kappa shape index (κ2) is 7.41. The molecule has 1 nitrogen and oxygen atoms in total. The molecule has 0 amide bonds. The minimum atomic E-state index is 0.902. The molecule has 0 aliphatic carbocycles. The van der Waals surface area contributed by atoms with Gasteiger partial charge in [-0.15, -0.1) is 11.8 Å². The Morgan fingerprint density at radius 3 is 2.37 bits per heavy atom. The van der Waals surface area contributed by atoms with E-state index >= 15 is 0 Å². The topological polar surface area (TPSA) is 9.23 Å². The minimum absolute atomic E-state index is 0.902. The van der Waals surface area contributed by atoms with Crippen LogP contribution in [0.15, 0.2) is 58.4 Å². The number of thioether (sulfide) groups is 1. The first-order chi connectivity index (χ1) is 9.28. The number of ether oxygens (including phenoxy) is 1. The van der Waals surface area contributed by atoms with Gasteiger partial charge in [0.15, 0.2) is 0 Å². The van der Waals surface area contributed by atoms with Gasteiger partial charge in [0.25, 0.3) is 0 Å². The monoisotopic (exact) mass is 334 g/mol. The molecule has 0 N–H and O–H groups in total. The van der Waals surface area contributed by atoms with Crippen molar-refractivity contribution in [3.63, 3.8) is 0 Å². The van der Waals surface area contributed by atoms with Gasteiger partial charge in [-0.2, -0.15) is 0 Å². The second-order valence-electron chi connectivity index (χ2n) is 4.01. The molecule has 0 spiro atoms. The summed E-state index contributed by atoms with van der Waals surface area (Å²) >= 11 is 5.22. The molecule has 0 atom stereocenters. The van der Waals surface area contributed by atoms with Crippen molar-refractivity contribution in [3.05, 3.63) is 69.5 Å². The van der Waals surface area contributed by atoms with Gasteiger partial charge in [0.1, 0.15) is 5.75 Å². The van der Waals surface area contributed by atoms with Crippen LogP contribution in [-0.4, -0.2) is 7.11 Å². The number of rotatable bonds is 5. The van der Waals surface area contributed by atoms with Crippen LogP contribution in [0, 0.1) is 0 Å². The van der Waals surface area contributed by atoms with Crippen molar-refractivity contribution in [2.75, 3.05) is 7.11 Å². The van der Waals surface area contributed by atoms with Gasteiger partial charge in [-0.05, 0) is 46.9 Å². The molecular weight excluding hydrogens is 320 g/mol. The Balaban J connectivity index is 1.83.